The van der Waals surface area contributed by atoms with E-state index in [1.54, 1.807) is 24.6 Å². The third kappa shape index (κ3) is 6.53. The summed E-state index contributed by atoms with van der Waals surface area (Å²) in [6.45, 7) is 8.11. The third-order valence-corrected chi connectivity index (χ3v) is 9.76. The SMILES string of the molecule is COc1ccc(CN2CCC(Nc3c(Cl)cnc4[nH]c(-c5ccc(N6CCN(Cc7cncs7)CC6)cc5)nc34)CC2)cc1. The lowest BCUT2D eigenvalue weighted by atomic mass is 10.0. The van der Waals surface area contributed by atoms with E-state index in [9.17, 15) is 0 Å². The summed E-state index contributed by atoms with van der Waals surface area (Å²) in [5.74, 6) is 1.69. The summed E-state index contributed by atoms with van der Waals surface area (Å²) in [6.07, 6.45) is 5.76. The molecule has 0 atom stereocenters. The Morgan fingerprint density at radius 3 is 2.39 bits per heavy atom. The zero-order chi connectivity index (χ0) is 29.9. The number of ether oxygens (including phenoxy) is 1. The average molecular weight is 629 g/mol. The zero-order valence-corrected chi connectivity index (χ0v) is 26.4. The van der Waals surface area contributed by atoms with Crippen LogP contribution in [0.4, 0.5) is 11.4 Å². The van der Waals surface area contributed by atoms with Crippen LogP contribution in [0.15, 0.2) is 66.4 Å². The Bertz CT molecular complexity index is 1660. The number of piperidine rings is 1. The number of aromatic amines is 1. The number of hydrogen-bond acceptors (Lipinski definition) is 9. The second-order valence-electron chi connectivity index (χ2n) is 11.6. The van der Waals surface area contributed by atoms with Crippen LogP contribution in [0.25, 0.3) is 22.6 Å². The minimum Gasteiger partial charge on any atom is -0.497 e. The molecule has 5 heterocycles. The number of benzene rings is 2. The van der Waals surface area contributed by atoms with Gasteiger partial charge in [-0.05, 0) is 54.8 Å². The van der Waals surface area contributed by atoms with Gasteiger partial charge < -0.3 is 19.9 Å². The van der Waals surface area contributed by atoms with Crippen molar-refractivity contribution in [3.63, 3.8) is 0 Å². The quantitative estimate of drug-likeness (QED) is 0.201. The lowest BCUT2D eigenvalue weighted by Crippen LogP contribution is -2.45. The predicted molar refractivity (Wildman–Crippen MR) is 179 cm³/mol. The zero-order valence-electron chi connectivity index (χ0n) is 24.9. The molecule has 7 rings (SSSR count). The fourth-order valence-electron chi connectivity index (χ4n) is 6.17. The second-order valence-corrected chi connectivity index (χ2v) is 13.0. The largest absolute Gasteiger partial charge is 0.497 e. The molecule has 2 aliphatic rings. The van der Waals surface area contributed by atoms with E-state index in [0.717, 1.165) is 99.2 Å². The fourth-order valence-corrected chi connectivity index (χ4v) is 7.00. The smallest absolute Gasteiger partial charge is 0.159 e. The number of anilines is 2. The van der Waals surface area contributed by atoms with Crippen LogP contribution in [-0.4, -0.2) is 82.2 Å². The molecule has 3 aromatic heterocycles. The summed E-state index contributed by atoms with van der Waals surface area (Å²) in [5.41, 5.74) is 7.87. The maximum Gasteiger partial charge on any atom is 0.159 e. The summed E-state index contributed by atoms with van der Waals surface area (Å²) >= 11 is 8.41. The molecule has 0 spiro atoms. The molecule has 9 nitrogen and oxygen atoms in total. The Hall–Kier alpha value is -3.70. The summed E-state index contributed by atoms with van der Waals surface area (Å²) in [7, 11) is 1.70. The van der Waals surface area contributed by atoms with Crippen molar-refractivity contribution in [2.45, 2.75) is 32.0 Å². The Morgan fingerprint density at radius 2 is 1.68 bits per heavy atom. The highest BCUT2D eigenvalue weighted by Gasteiger charge is 2.23. The fraction of sp³-hybridized carbons (Fsp3) is 0.364. The molecule has 2 fully saturated rings. The number of fused-ring (bicyclic) bond motifs is 1. The number of nitrogens with zero attached hydrogens (tertiary/aromatic N) is 6. The molecule has 2 saturated heterocycles. The number of pyridine rings is 1. The van der Waals surface area contributed by atoms with Crippen molar-refractivity contribution < 1.29 is 4.74 Å². The van der Waals surface area contributed by atoms with Crippen LogP contribution < -0.4 is 15.0 Å². The molecule has 2 aromatic carbocycles. The van der Waals surface area contributed by atoms with E-state index in [1.165, 1.54) is 16.1 Å². The normalized spacial score (nSPS) is 16.9. The summed E-state index contributed by atoms with van der Waals surface area (Å²) in [4.78, 5) is 25.9. The van der Waals surface area contributed by atoms with Crippen molar-refractivity contribution in [1.82, 2.24) is 29.7 Å². The lowest BCUT2D eigenvalue weighted by molar-refractivity contribution is 0.211. The van der Waals surface area contributed by atoms with Crippen molar-refractivity contribution in [2.24, 2.45) is 0 Å². The van der Waals surface area contributed by atoms with E-state index in [2.05, 4.69) is 71.4 Å². The Morgan fingerprint density at radius 1 is 0.932 bits per heavy atom. The van der Waals surface area contributed by atoms with Gasteiger partial charge in [-0.1, -0.05) is 23.7 Å². The minimum atomic E-state index is 0.326. The standard InChI is InChI=1S/C33H37ClN8OS/c1-43-27-8-2-23(3-9-27)20-40-12-10-25(11-13-40)37-30-29(34)19-36-33-31(30)38-32(39-33)24-4-6-26(7-5-24)42-16-14-41(15-17-42)21-28-18-35-22-44-28/h2-9,18-19,22,25H,10-17,20-21H2,1H3,(H2,36,37,38,39). The minimum absolute atomic E-state index is 0.326. The average Bonchev–Trinajstić information content (AvgIpc) is 3.75. The predicted octanol–water partition coefficient (Wildman–Crippen LogP) is 6.14. The highest BCUT2D eigenvalue weighted by atomic mass is 35.5. The van der Waals surface area contributed by atoms with E-state index >= 15 is 0 Å². The summed E-state index contributed by atoms with van der Waals surface area (Å²) < 4.78 is 5.29. The van der Waals surface area contributed by atoms with E-state index in [1.807, 2.05) is 23.8 Å². The number of methoxy groups -OCH3 is 1. The van der Waals surface area contributed by atoms with Crippen LogP contribution in [0.2, 0.25) is 5.02 Å². The molecule has 0 bridgehead atoms. The number of H-pyrrole nitrogens is 1. The Balaban J connectivity index is 0.975. The van der Waals surface area contributed by atoms with Gasteiger partial charge in [0.1, 0.15) is 17.1 Å². The molecule has 2 aliphatic heterocycles. The van der Waals surface area contributed by atoms with Gasteiger partial charge in [-0.15, -0.1) is 11.3 Å². The number of thiazole rings is 1. The molecule has 2 N–H and O–H groups in total. The van der Waals surface area contributed by atoms with Crippen molar-refractivity contribution >= 4 is 45.5 Å². The number of halogens is 1. The third-order valence-electron chi connectivity index (χ3n) is 8.71. The highest BCUT2D eigenvalue weighted by molar-refractivity contribution is 7.09. The maximum absolute atomic E-state index is 6.68. The van der Waals surface area contributed by atoms with Gasteiger partial charge in [-0.25, -0.2) is 9.97 Å². The first kappa shape index (κ1) is 29.0. The van der Waals surface area contributed by atoms with Crippen molar-refractivity contribution in [2.75, 3.05) is 56.6 Å². The van der Waals surface area contributed by atoms with Gasteiger partial charge in [0.25, 0.3) is 0 Å². The van der Waals surface area contributed by atoms with Crippen LogP contribution in [0.5, 0.6) is 5.75 Å². The molecule has 0 radical (unpaired) electrons. The van der Waals surface area contributed by atoms with Crippen LogP contribution in [0.1, 0.15) is 23.3 Å². The molecule has 0 amide bonds. The number of likely N-dealkylation sites (tertiary alicyclic amines) is 1. The van der Waals surface area contributed by atoms with Gasteiger partial charge in [0.15, 0.2) is 5.65 Å². The van der Waals surface area contributed by atoms with Crippen molar-refractivity contribution in [1.29, 1.82) is 0 Å². The molecule has 228 valence electrons. The van der Waals surface area contributed by atoms with Gasteiger partial charge >= 0.3 is 0 Å². The van der Waals surface area contributed by atoms with Crippen LogP contribution >= 0.6 is 22.9 Å². The molecule has 0 unspecified atom stereocenters. The van der Waals surface area contributed by atoms with E-state index < -0.39 is 0 Å². The summed E-state index contributed by atoms with van der Waals surface area (Å²) in [5, 5.41) is 4.31. The molecule has 5 aromatic rings. The summed E-state index contributed by atoms with van der Waals surface area (Å²) in [6, 6.07) is 17.3. The number of aromatic nitrogens is 4. The molecule has 0 aliphatic carbocycles. The second kappa shape index (κ2) is 13.1. The molecular weight excluding hydrogens is 592 g/mol. The number of rotatable bonds is 9. The van der Waals surface area contributed by atoms with Gasteiger partial charge in [0, 0.05) is 80.7 Å². The van der Waals surface area contributed by atoms with Gasteiger partial charge in [-0.3, -0.25) is 14.8 Å². The first-order valence-corrected chi connectivity index (χ1v) is 16.5. The topological polar surface area (TPSA) is 85.4 Å². The molecule has 0 saturated carbocycles. The molecular formula is C33H37ClN8OS. The van der Waals surface area contributed by atoms with Crippen molar-refractivity contribution in [3.8, 4) is 17.1 Å². The molecule has 44 heavy (non-hydrogen) atoms. The highest BCUT2D eigenvalue weighted by Crippen LogP contribution is 2.33. The Kier molecular flexibility index (Phi) is 8.65. The monoisotopic (exact) mass is 628 g/mol. The Labute approximate surface area is 266 Å². The van der Waals surface area contributed by atoms with Crippen LogP contribution in [-0.2, 0) is 13.1 Å². The number of hydrogen-bond donors (Lipinski definition) is 2. The first-order valence-electron chi connectivity index (χ1n) is 15.2. The van der Waals surface area contributed by atoms with Gasteiger partial charge in [0.05, 0.1) is 29.5 Å². The maximum atomic E-state index is 6.68. The molecule has 11 heteroatoms. The van der Waals surface area contributed by atoms with E-state index in [4.69, 9.17) is 21.3 Å². The number of nitrogens with one attached hydrogen (secondary N) is 2. The van der Waals surface area contributed by atoms with Gasteiger partial charge in [-0.2, -0.15) is 0 Å². The van der Waals surface area contributed by atoms with Crippen molar-refractivity contribution in [3.05, 3.63) is 81.9 Å². The number of imidazole rings is 1. The first-order chi connectivity index (χ1) is 21.6. The van der Waals surface area contributed by atoms with Crippen LogP contribution in [0.3, 0.4) is 0 Å². The lowest BCUT2D eigenvalue weighted by Gasteiger charge is -2.35. The van der Waals surface area contributed by atoms with E-state index in [0.29, 0.717) is 11.1 Å². The number of piperazine rings is 1. The van der Waals surface area contributed by atoms with Gasteiger partial charge in [0.2, 0.25) is 0 Å². The van der Waals surface area contributed by atoms with Crippen LogP contribution in [0, 0.1) is 0 Å². The van der Waals surface area contributed by atoms with E-state index in [-0.39, 0.29) is 0 Å².